The van der Waals surface area contributed by atoms with E-state index in [9.17, 15) is 17.6 Å². The molecule has 10 heteroatoms. The third kappa shape index (κ3) is 6.11. The fourth-order valence-electron chi connectivity index (χ4n) is 2.65. The van der Waals surface area contributed by atoms with Crippen molar-refractivity contribution in [2.45, 2.75) is 11.4 Å². The van der Waals surface area contributed by atoms with Crippen molar-refractivity contribution in [1.82, 2.24) is 4.72 Å². The van der Waals surface area contributed by atoms with Crippen molar-refractivity contribution in [3.05, 3.63) is 89.7 Å². The van der Waals surface area contributed by atoms with Gasteiger partial charge < -0.3 is 16.4 Å². The first-order valence-electron chi connectivity index (χ1n) is 9.09. The van der Waals surface area contributed by atoms with E-state index >= 15 is 0 Å². The van der Waals surface area contributed by atoms with Gasteiger partial charge in [0.05, 0.1) is 4.90 Å². The summed E-state index contributed by atoms with van der Waals surface area (Å²) in [7, 11) is -3.80. The zero-order valence-corrected chi connectivity index (χ0v) is 17.0. The van der Waals surface area contributed by atoms with E-state index in [4.69, 9.17) is 11.1 Å². The number of urea groups is 1. The molecule has 0 aliphatic rings. The highest BCUT2D eigenvalue weighted by molar-refractivity contribution is 7.89. The van der Waals surface area contributed by atoms with Gasteiger partial charge in [0.2, 0.25) is 10.0 Å². The molecule has 0 heterocycles. The van der Waals surface area contributed by atoms with Gasteiger partial charge in [-0.15, -0.1) is 0 Å². The number of carbonyl (C=O) groups excluding carboxylic acids is 1. The summed E-state index contributed by atoms with van der Waals surface area (Å²) in [5.74, 6) is -0.517. The van der Waals surface area contributed by atoms with Gasteiger partial charge in [0.15, 0.2) is 0 Å². The quantitative estimate of drug-likeness (QED) is 0.284. The number of anilines is 2. The summed E-state index contributed by atoms with van der Waals surface area (Å²) in [6, 6.07) is 17.2. The average molecular weight is 441 g/mol. The molecule has 2 amide bonds. The van der Waals surface area contributed by atoms with E-state index in [1.54, 1.807) is 30.3 Å². The predicted molar refractivity (Wildman–Crippen MR) is 117 cm³/mol. The number of carbonyl (C=O) groups is 1. The molecular formula is C21H20FN5O3S. The molecule has 3 aromatic carbocycles. The molecular weight excluding hydrogens is 421 g/mol. The van der Waals surface area contributed by atoms with E-state index in [-0.39, 0.29) is 17.3 Å². The van der Waals surface area contributed by atoms with Crippen LogP contribution in [0.1, 0.15) is 11.1 Å². The highest BCUT2D eigenvalue weighted by Gasteiger charge is 2.14. The van der Waals surface area contributed by atoms with Crippen LogP contribution < -0.4 is 21.1 Å². The number of nitrogens with one attached hydrogen (secondary N) is 4. The lowest BCUT2D eigenvalue weighted by Crippen LogP contribution is -2.23. The smallest absolute Gasteiger partial charge is 0.323 e. The topological polar surface area (TPSA) is 137 Å². The second-order valence-corrected chi connectivity index (χ2v) is 8.32. The Kier molecular flexibility index (Phi) is 6.63. The van der Waals surface area contributed by atoms with Gasteiger partial charge in [-0.05, 0) is 66.2 Å². The van der Waals surface area contributed by atoms with Gasteiger partial charge >= 0.3 is 6.03 Å². The minimum atomic E-state index is -3.80. The number of rotatable bonds is 7. The van der Waals surface area contributed by atoms with E-state index in [0.29, 0.717) is 22.5 Å². The van der Waals surface area contributed by atoms with Gasteiger partial charge in [-0.25, -0.2) is 22.3 Å². The number of benzene rings is 3. The first-order valence-corrected chi connectivity index (χ1v) is 10.6. The van der Waals surface area contributed by atoms with Crippen molar-refractivity contribution in [2.24, 2.45) is 5.73 Å². The second-order valence-electron chi connectivity index (χ2n) is 6.55. The fourth-order valence-corrected chi connectivity index (χ4v) is 3.67. The Bertz CT molecular complexity index is 1200. The SMILES string of the molecule is N=C(N)c1ccc(NC(=O)Nc2ccc(S(=O)(=O)NCc3cccc(F)c3)cc2)cc1. The monoisotopic (exact) mass is 441 g/mol. The molecule has 31 heavy (non-hydrogen) atoms. The van der Waals surface area contributed by atoms with Crippen molar-refractivity contribution in [3.63, 3.8) is 0 Å². The van der Waals surface area contributed by atoms with Crippen molar-refractivity contribution in [2.75, 3.05) is 10.6 Å². The Balaban J connectivity index is 1.58. The molecule has 6 N–H and O–H groups in total. The molecule has 8 nitrogen and oxygen atoms in total. The highest BCUT2D eigenvalue weighted by Crippen LogP contribution is 2.16. The number of nitrogen functional groups attached to an aromatic ring is 1. The number of halogens is 1. The van der Waals surface area contributed by atoms with Crippen molar-refractivity contribution in [1.29, 1.82) is 5.41 Å². The van der Waals surface area contributed by atoms with Crippen LogP contribution in [0.25, 0.3) is 0 Å². The van der Waals surface area contributed by atoms with E-state index < -0.39 is 21.9 Å². The van der Waals surface area contributed by atoms with Gasteiger partial charge in [-0.1, -0.05) is 12.1 Å². The number of sulfonamides is 1. The average Bonchev–Trinajstić information content (AvgIpc) is 2.73. The standard InChI is InChI=1S/C21H20FN5O3S/c22-16-3-1-2-14(12-16)13-25-31(29,30)19-10-8-18(9-11-19)27-21(28)26-17-6-4-15(5-7-17)20(23)24/h1-12,25H,13H2,(H3,23,24)(H2,26,27,28). The number of hydrogen-bond acceptors (Lipinski definition) is 4. The van der Waals surface area contributed by atoms with E-state index in [2.05, 4.69) is 15.4 Å². The maximum Gasteiger partial charge on any atom is 0.323 e. The molecule has 0 fully saturated rings. The van der Waals surface area contributed by atoms with Crippen LogP contribution in [0.5, 0.6) is 0 Å². The van der Waals surface area contributed by atoms with E-state index in [1.165, 1.54) is 42.5 Å². The molecule has 0 saturated carbocycles. The summed E-state index contributed by atoms with van der Waals surface area (Å²) >= 11 is 0. The van der Waals surface area contributed by atoms with Gasteiger partial charge in [-0.3, -0.25) is 5.41 Å². The maximum atomic E-state index is 13.2. The van der Waals surface area contributed by atoms with Gasteiger partial charge in [0.25, 0.3) is 0 Å². The molecule has 0 radical (unpaired) electrons. The third-order valence-electron chi connectivity index (χ3n) is 4.23. The van der Waals surface area contributed by atoms with Gasteiger partial charge in [0, 0.05) is 23.5 Å². The number of amides is 2. The predicted octanol–water partition coefficient (Wildman–Crippen LogP) is 3.23. The minimum Gasteiger partial charge on any atom is -0.384 e. The summed E-state index contributed by atoms with van der Waals surface area (Å²) in [6.45, 7) is -0.0507. The van der Waals surface area contributed by atoms with Crippen LogP contribution in [0.15, 0.2) is 77.7 Å². The van der Waals surface area contributed by atoms with Gasteiger partial charge in [-0.2, -0.15) is 0 Å². The van der Waals surface area contributed by atoms with E-state index in [1.807, 2.05) is 0 Å². The van der Waals surface area contributed by atoms with Crippen LogP contribution in [-0.2, 0) is 16.6 Å². The molecule has 0 bridgehead atoms. The lowest BCUT2D eigenvalue weighted by atomic mass is 10.2. The van der Waals surface area contributed by atoms with Crippen molar-refractivity contribution >= 4 is 33.3 Å². The van der Waals surface area contributed by atoms with Crippen molar-refractivity contribution in [3.8, 4) is 0 Å². The summed E-state index contributed by atoms with van der Waals surface area (Å²) in [5.41, 5.74) is 7.31. The van der Waals surface area contributed by atoms with Crippen LogP contribution in [0, 0.1) is 11.2 Å². The normalized spacial score (nSPS) is 11.0. The van der Waals surface area contributed by atoms with E-state index in [0.717, 1.165) is 0 Å². The molecule has 3 rings (SSSR count). The summed E-state index contributed by atoms with van der Waals surface area (Å²) in [5, 5.41) is 12.6. The first kappa shape index (κ1) is 21.9. The molecule has 0 aliphatic carbocycles. The Morgan fingerprint density at radius 3 is 2.06 bits per heavy atom. The third-order valence-corrected chi connectivity index (χ3v) is 5.65. The first-order chi connectivity index (χ1) is 14.7. The van der Waals surface area contributed by atoms with Crippen LogP contribution in [0.4, 0.5) is 20.6 Å². The number of amidine groups is 1. The zero-order chi connectivity index (χ0) is 22.4. The Morgan fingerprint density at radius 2 is 1.52 bits per heavy atom. The summed E-state index contributed by atoms with van der Waals surface area (Å²) in [6.07, 6.45) is 0. The van der Waals surface area contributed by atoms with Crippen LogP contribution >= 0.6 is 0 Å². The molecule has 160 valence electrons. The van der Waals surface area contributed by atoms with Gasteiger partial charge in [0.1, 0.15) is 11.7 Å². The highest BCUT2D eigenvalue weighted by atomic mass is 32.2. The van der Waals surface area contributed by atoms with Crippen molar-refractivity contribution < 1.29 is 17.6 Å². The molecule has 0 aromatic heterocycles. The Hall–Kier alpha value is -3.76. The second kappa shape index (κ2) is 9.37. The zero-order valence-electron chi connectivity index (χ0n) is 16.2. The molecule has 0 spiro atoms. The summed E-state index contributed by atoms with van der Waals surface area (Å²) < 4.78 is 40.4. The molecule has 0 atom stereocenters. The Labute approximate surface area is 178 Å². The van der Waals surface area contributed by atoms with Crippen LogP contribution in [0.2, 0.25) is 0 Å². The fraction of sp³-hybridized carbons (Fsp3) is 0.0476. The lowest BCUT2D eigenvalue weighted by Gasteiger charge is -2.10. The Morgan fingerprint density at radius 1 is 0.935 bits per heavy atom. The molecule has 0 aliphatic heterocycles. The molecule has 3 aromatic rings. The summed E-state index contributed by atoms with van der Waals surface area (Å²) in [4.78, 5) is 12.1. The van der Waals surface area contributed by atoms with Crippen LogP contribution in [-0.4, -0.2) is 20.3 Å². The number of hydrogen-bond donors (Lipinski definition) is 5. The molecule has 0 saturated heterocycles. The lowest BCUT2D eigenvalue weighted by molar-refractivity contribution is 0.262. The van der Waals surface area contributed by atoms with Crippen LogP contribution in [0.3, 0.4) is 0 Å². The molecule has 0 unspecified atom stereocenters. The largest absolute Gasteiger partial charge is 0.384 e. The number of nitrogens with two attached hydrogens (primary N) is 1. The minimum absolute atomic E-state index is 0.00897. The maximum absolute atomic E-state index is 13.2.